The van der Waals surface area contributed by atoms with Crippen molar-refractivity contribution in [2.75, 3.05) is 13.1 Å². The first kappa shape index (κ1) is 23.7. The lowest BCUT2D eigenvalue weighted by molar-refractivity contribution is -0.144. The molecule has 0 heterocycles. The Morgan fingerprint density at radius 2 is 1.40 bits per heavy atom. The Morgan fingerprint density at radius 3 is 1.84 bits per heavy atom. The van der Waals surface area contributed by atoms with Crippen molar-refractivity contribution in [3.8, 4) is 0 Å². The lowest BCUT2D eigenvalue weighted by Gasteiger charge is -2.24. The van der Waals surface area contributed by atoms with Crippen molar-refractivity contribution >= 4 is 11.9 Å². The highest BCUT2D eigenvalue weighted by atomic mass is 16.4. The second-order valence-electron chi connectivity index (χ2n) is 6.85. The monoisotopic (exact) mass is 353 g/mol. The number of aliphatic carboxylic acids is 1. The van der Waals surface area contributed by atoms with Crippen LogP contribution in [0.1, 0.15) is 90.9 Å². The molecule has 0 fully saturated rings. The minimum atomic E-state index is -0.873. The van der Waals surface area contributed by atoms with E-state index in [1.54, 1.807) is 4.90 Å². The van der Waals surface area contributed by atoms with Crippen LogP contribution in [-0.2, 0) is 9.59 Å². The highest BCUT2D eigenvalue weighted by molar-refractivity contribution is 5.83. The maximum atomic E-state index is 12.4. The maximum absolute atomic E-state index is 12.4. The van der Waals surface area contributed by atoms with Crippen molar-refractivity contribution in [2.24, 2.45) is 5.92 Å². The molecule has 4 nitrogen and oxygen atoms in total. The molecule has 0 aromatic heterocycles. The van der Waals surface area contributed by atoms with Gasteiger partial charge in [-0.25, -0.2) is 0 Å². The summed E-state index contributed by atoms with van der Waals surface area (Å²) in [7, 11) is 0. The molecule has 0 bridgehead atoms. The van der Waals surface area contributed by atoms with E-state index >= 15 is 0 Å². The Morgan fingerprint density at radius 1 is 0.920 bits per heavy atom. The van der Waals surface area contributed by atoms with Crippen molar-refractivity contribution < 1.29 is 14.7 Å². The van der Waals surface area contributed by atoms with Crippen molar-refractivity contribution in [1.29, 1.82) is 0 Å². The van der Waals surface area contributed by atoms with Crippen LogP contribution in [0.4, 0.5) is 0 Å². The molecule has 25 heavy (non-hydrogen) atoms. The van der Waals surface area contributed by atoms with Crippen molar-refractivity contribution in [3.63, 3.8) is 0 Å². The summed E-state index contributed by atoms with van der Waals surface area (Å²) in [5.74, 6) is -1.23. The summed E-state index contributed by atoms with van der Waals surface area (Å²) in [4.78, 5) is 25.2. The van der Waals surface area contributed by atoms with E-state index in [9.17, 15) is 9.59 Å². The minimum Gasteiger partial charge on any atom is -0.481 e. The number of carbonyl (C=O) groups excluding carboxylic acids is 1. The molecule has 0 rings (SSSR count). The van der Waals surface area contributed by atoms with Gasteiger partial charge in [-0.2, -0.15) is 0 Å². The SMILES string of the molecule is C=CCCCCCCCCCCCC(CC(=O)O)C(=O)N(CC)CC. The van der Waals surface area contributed by atoms with Gasteiger partial charge in [0.05, 0.1) is 6.42 Å². The third kappa shape index (κ3) is 12.7. The third-order valence-electron chi connectivity index (χ3n) is 4.81. The smallest absolute Gasteiger partial charge is 0.304 e. The zero-order chi connectivity index (χ0) is 18.9. The highest BCUT2D eigenvalue weighted by Gasteiger charge is 2.24. The minimum absolute atomic E-state index is 0.00641. The van der Waals surface area contributed by atoms with E-state index in [0.29, 0.717) is 19.5 Å². The summed E-state index contributed by atoms with van der Waals surface area (Å²) in [5, 5.41) is 9.06. The van der Waals surface area contributed by atoms with Crippen molar-refractivity contribution in [3.05, 3.63) is 12.7 Å². The number of carbonyl (C=O) groups is 2. The second kappa shape index (κ2) is 16.2. The molecular weight excluding hydrogens is 314 g/mol. The number of nitrogens with zero attached hydrogens (tertiary/aromatic N) is 1. The molecule has 146 valence electrons. The lowest BCUT2D eigenvalue weighted by atomic mass is 9.95. The van der Waals surface area contributed by atoms with E-state index in [4.69, 9.17) is 5.11 Å². The average molecular weight is 354 g/mol. The molecule has 1 amide bonds. The predicted molar refractivity (Wildman–Crippen MR) is 105 cm³/mol. The largest absolute Gasteiger partial charge is 0.481 e. The van der Waals surface area contributed by atoms with Gasteiger partial charge in [-0.1, -0.05) is 57.4 Å². The second-order valence-corrected chi connectivity index (χ2v) is 6.85. The summed E-state index contributed by atoms with van der Waals surface area (Å²) in [6.45, 7) is 8.92. The van der Waals surface area contributed by atoms with Gasteiger partial charge in [0, 0.05) is 19.0 Å². The number of rotatable bonds is 17. The molecule has 0 saturated carbocycles. The first-order chi connectivity index (χ1) is 12.1. The van der Waals surface area contributed by atoms with Crippen LogP contribution in [0.5, 0.6) is 0 Å². The van der Waals surface area contributed by atoms with Gasteiger partial charge in [0.2, 0.25) is 5.91 Å². The van der Waals surface area contributed by atoms with Gasteiger partial charge in [0.25, 0.3) is 0 Å². The zero-order valence-corrected chi connectivity index (χ0v) is 16.5. The van der Waals surface area contributed by atoms with Crippen molar-refractivity contribution in [2.45, 2.75) is 90.9 Å². The molecule has 0 spiro atoms. The van der Waals surface area contributed by atoms with Gasteiger partial charge in [-0.3, -0.25) is 9.59 Å². The molecule has 1 N–H and O–H groups in total. The van der Waals surface area contributed by atoms with Crippen molar-refractivity contribution in [1.82, 2.24) is 4.90 Å². The molecule has 0 aliphatic carbocycles. The molecule has 1 atom stereocenters. The van der Waals surface area contributed by atoms with Crippen LogP contribution >= 0.6 is 0 Å². The van der Waals surface area contributed by atoms with Crippen LogP contribution in [0.3, 0.4) is 0 Å². The van der Waals surface area contributed by atoms with Crippen LogP contribution < -0.4 is 0 Å². The van der Waals surface area contributed by atoms with E-state index in [0.717, 1.165) is 19.3 Å². The van der Waals surface area contributed by atoms with Crippen LogP contribution in [-0.4, -0.2) is 35.0 Å². The van der Waals surface area contributed by atoms with E-state index in [2.05, 4.69) is 6.58 Å². The fourth-order valence-corrected chi connectivity index (χ4v) is 3.23. The summed E-state index contributed by atoms with van der Waals surface area (Å²) >= 11 is 0. The number of carboxylic acids is 1. The number of allylic oxidation sites excluding steroid dienone is 1. The lowest BCUT2D eigenvalue weighted by Crippen LogP contribution is -2.36. The molecule has 0 saturated heterocycles. The number of amides is 1. The number of hydrogen-bond donors (Lipinski definition) is 1. The van der Waals surface area contributed by atoms with E-state index in [-0.39, 0.29) is 18.2 Å². The standard InChI is InChI=1S/C21H39NO3/c1-4-7-8-9-10-11-12-13-14-15-16-17-19(18-20(23)24)21(25)22(5-2)6-3/h4,19H,1,5-18H2,2-3H3,(H,23,24). The van der Waals surface area contributed by atoms with Gasteiger partial charge in [-0.15, -0.1) is 6.58 Å². The Bertz CT molecular complexity index is 364. The van der Waals surface area contributed by atoms with Gasteiger partial charge in [0.15, 0.2) is 0 Å². The van der Waals surface area contributed by atoms with Gasteiger partial charge in [0.1, 0.15) is 0 Å². The van der Waals surface area contributed by atoms with Gasteiger partial charge >= 0.3 is 5.97 Å². The number of hydrogen-bond acceptors (Lipinski definition) is 2. The topological polar surface area (TPSA) is 57.6 Å². The number of unbranched alkanes of at least 4 members (excludes halogenated alkanes) is 9. The molecule has 0 aromatic carbocycles. The normalized spacial score (nSPS) is 11.9. The predicted octanol–water partition coefficient (Wildman–Crippen LogP) is 5.42. The Kier molecular flexibility index (Phi) is 15.3. The molecule has 4 heteroatoms. The molecule has 0 aromatic rings. The van der Waals surface area contributed by atoms with Crippen LogP contribution in [0.2, 0.25) is 0 Å². The molecular formula is C21H39NO3. The maximum Gasteiger partial charge on any atom is 0.304 e. The first-order valence-electron chi connectivity index (χ1n) is 10.2. The molecule has 0 radical (unpaired) electrons. The van der Waals surface area contributed by atoms with Crippen LogP contribution in [0.15, 0.2) is 12.7 Å². The summed E-state index contributed by atoms with van der Waals surface area (Å²) < 4.78 is 0. The summed E-state index contributed by atoms with van der Waals surface area (Å²) in [5.41, 5.74) is 0. The Labute approximate surface area is 154 Å². The zero-order valence-electron chi connectivity index (χ0n) is 16.5. The van der Waals surface area contributed by atoms with E-state index < -0.39 is 5.97 Å². The fourth-order valence-electron chi connectivity index (χ4n) is 3.23. The third-order valence-corrected chi connectivity index (χ3v) is 4.81. The molecule has 0 aliphatic rings. The molecule has 1 unspecified atom stereocenters. The quantitative estimate of drug-likeness (QED) is 0.280. The van der Waals surface area contributed by atoms with Gasteiger partial charge in [-0.05, 0) is 33.1 Å². The van der Waals surface area contributed by atoms with E-state index in [1.807, 2.05) is 19.9 Å². The highest BCUT2D eigenvalue weighted by Crippen LogP contribution is 2.18. The Balaban J connectivity index is 3.86. The van der Waals surface area contributed by atoms with Crippen LogP contribution in [0, 0.1) is 5.92 Å². The summed E-state index contributed by atoms with van der Waals surface area (Å²) in [6.07, 6.45) is 14.7. The Hall–Kier alpha value is -1.32. The van der Waals surface area contributed by atoms with Crippen LogP contribution in [0.25, 0.3) is 0 Å². The fraction of sp³-hybridized carbons (Fsp3) is 0.810. The summed E-state index contributed by atoms with van der Waals surface area (Å²) in [6, 6.07) is 0. The molecule has 0 aliphatic heterocycles. The number of carboxylic acid groups (broad SMARTS) is 1. The van der Waals surface area contributed by atoms with Gasteiger partial charge < -0.3 is 10.0 Å². The first-order valence-corrected chi connectivity index (χ1v) is 10.2. The average Bonchev–Trinajstić information content (AvgIpc) is 2.59. The van der Waals surface area contributed by atoms with E-state index in [1.165, 1.54) is 44.9 Å².